The van der Waals surface area contributed by atoms with E-state index in [4.69, 9.17) is 9.47 Å². The van der Waals surface area contributed by atoms with Crippen LogP contribution in [-0.2, 0) is 4.79 Å². The van der Waals surface area contributed by atoms with Crippen molar-refractivity contribution in [2.24, 2.45) is 5.92 Å². The second-order valence-corrected chi connectivity index (χ2v) is 10.2. The Labute approximate surface area is 225 Å². The molecule has 1 fully saturated rings. The summed E-state index contributed by atoms with van der Waals surface area (Å²) < 4.78 is 11.7. The highest BCUT2D eigenvalue weighted by atomic mass is 16.5. The van der Waals surface area contributed by atoms with Crippen molar-refractivity contribution >= 4 is 5.91 Å². The molecule has 6 heteroatoms. The Bertz CT molecular complexity index is 970. The van der Waals surface area contributed by atoms with E-state index in [1.54, 1.807) is 0 Å². The second-order valence-electron chi connectivity index (χ2n) is 10.2. The van der Waals surface area contributed by atoms with Crippen molar-refractivity contribution in [2.75, 3.05) is 53.5 Å². The van der Waals surface area contributed by atoms with Crippen molar-refractivity contribution < 1.29 is 14.3 Å². The van der Waals surface area contributed by atoms with Gasteiger partial charge in [0, 0.05) is 31.6 Å². The number of nitrogens with one attached hydrogen (secondary N) is 1. The summed E-state index contributed by atoms with van der Waals surface area (Å²) in [5.41, 5.74) is 4.67. The maximum Gasteiger partial charge on any atom is 0.257 e. The smallest absolute Gasteiger partial charge is 0.257 e. The fourth-order valence-electron chi connectivity index (χ4n) is 4.39. The Hall–Kier alpha value is -2.57. The van der Waals surface area contributed by atoms with Crippen molar-refractivity contribution in [3.8, 4) is 11.5 Å². The van der Waals surface area contributed by atoms with E-state index in [0.717, 1.165) is 61.7 Å². The quantitative estimate of drug-likeness (QED) is 0.358. The Morgan fingerprint density at radius 1 is 1.00 bits per heavy atom. The third kappa shape index (κ3) is 10.0. The van der Waals surface area contributed by atoms with E-state index in [1.807, 2.05) is 45.9 Å². The molecule has 0 bridgehead atoms. The lowest BCUT2D eigenvalue weighted by molar-refractivity contribution is -0.123. The molecule has 206 valence electrons. The minimum absolute atomic E-state index is 0.0560. The van der Waals surface area contributed by atoms with Gasteiger partial charge in [0.05, 0.1) is 6.61 Å². The number of carbonyl (C=O) groups excluding carboxylic acids is 1. The summed E-state index contributed by atoms with van der Waals surface area (Å²) in [5.74, 6) is 2.18. The summed E-state index contributed by atoms with van der Waals surface area (Å²) >= 11 is 0. The molecule has 37 heavy (non-hydrogen) atoms. The molecule has 1 atom stereocenters. The standard InChI is InChI=1S/C29H43N3O3.C2H6/c1-21-9-10-22(2)28(15-21)35-20-29(33)30-17-25-18-32(19-25)24(4)26-11-12-27(23(3)16-26)34-14-8-7-13-31(5)6;1-2/h9-12,15-16,24-25H,7-8,13-14,17-20H2,1-6H3,(H,30,33);1-2H3. The van der Waals surface area contributed by atoms with Gasteiger partial charge in [-0.3, -0.25) is 9.69 Å². The van der Waals surface area contributed by atoms with Gasteiger partial charge in [-0.25, -0.2) is 0 Å². The maximum absolute atomic E-state index is 12.2. The van der Waals surface area contributed by atoms with Gasteiger partial charge in [-0.05, 0) is 95.6 Å². The molecule has 0 saturated carbocycles. The lowest BCUT2D eigenvalue weighted by Crippen LogP contribution is -2.52. The van der Waals surface area contributed by atoms with E-state index in [2.05, 4.69) is 61.3 Å². The van der Waals surface area contributed by atoms with E-state index < -0.39 is 0 Å². The molecule has 6 nitrogen and oxygen atoms in total. The minimum atomic E-state index is -0.0645. The Morgan fingerprint density at radius 3 is 2.41 bits per heavy atom. The molecule has 1 saturated heterocycles. The molecule has 0 aromatic heterocycles. The van der Waals surface area contributed by atoms with Crippen LogP contribution in [0.25, 0.3) is 0 Å². The number of hydrogen-bond donors (Lipinski definition) is 1. The second kappa shape index (κ2) is 15.6. The van der Waals surface area contributed by atoms with Crippen LogP contribution < -0.4 is 14.8 Å². The van der Waals surface area contributed by atoms with Crippen LogP contribution in [0, 0.1) is 26.7 Å². The van der Waals surface area contributed by atoms with Gasteiger partial charge in [0.1, 0.15) is 11.5 Å². The molecule has 1 aliphatic rings. The number of benzene rings is 2. The molecule has 0 spiro atoms. The summed E-state index contributed by atoms with van der Waals surface area (Å²) in [5, 5.41) is 3.03. The third-order valence-electron chi connectivity index (χ3n) is 6.76. The monoisotopic (exact) mass is 511 g/mol. The molecule has 1 aliphatic heterocycles. The first-order valence-electron chi connectivity index (χ1n) is 13.8. The molecular weight excluding hydrogens is 462 g/mol. The first-order chi connectivity index (χ1) is 17.7. The van der Waals surface area contributed by atoms with E-state index in [9.17, 15) is 4.79 Å². The van der Waals surface area contributed by atoms with E-state index in [0.29, 0.717) is 18.5 Å². The molecular formula is C31H49N3O3. The highest BCUT2D eigenvalue weighted by Gasteiger charge is 2.31. The number of amides is 1. The molecule has 0 radical (unpaired) electrons. The van der Waals surface area contributed by atoms with Crippen molar-refractivity contribution in [3.05, 3.63) is 58.7 Å². The van der Waals surface area contributed by atoms with Gasteiger partial charge >= 0.3 is 0 Å². The van der Waals surface area contributed by atoms with Gasteiger partial charge in [0.15, 0.2) is 6.61 Å². The topological polar surface area (TPSA) is 54.0 Å². The maximum atomic E-state index is 12.2. The Balaban J connectivity index is 0.00000235. The molecule has 2 aromatic carbocycles. The molecule has 1 heterocycles. The minimum Gasteiger partial charge on any atom is -0.493 e. The lowest BCUT2D eigenvalue weighted by atomic mass is 9.94. The van der Waals surface area contributed by atoms with Gasteiger partial charge in [-0.1, -0.05) is 38.1 Å². The van der Waals surface area contributed by atoms with Gasteiger partial charge in [0.2, 0.25) is 0 Å². The van der Waals surface area contributed by atoms with E-state index >= 15 is 0 Å². The van der Waals surface area contributed by atoms with Crippen molar-refractivity contribution in [1.29, 1.82) is 0 Å². The Kier molecular flexibility index (Phi) is 12.9. The van der Waals surface area contributed by atoms with Crippen LogP contribution >= 0.6 is 0 Å². The SMILES string of the molecule is CC.Cc1ccc(C)c(OCC(=O)NCC2CN(C(C)c3ccc(OCCCCN(C)C)c(C)c3)C2)c1. The molecule has 2 aromatic rings. The highest BCUT2D eigenvalue weighted by Crippen LogP contribution is 2.31. The number of hydrogen-bond acceptors (Lipinski definition) is 5. The van der Waals surface area contributed by atoms with Crippen LogP contribution in [0.1, 0.15) is 61.9 Å². The van der Waals surface area contributed by atoms with Crippen molar-refractivity contribution in [3.63, 3.8) is 0 Å². The number of rotatable bonds is 13. The predicted octanol–water partition coefficient (Wildman–Crippen LogP) is 5.55. The van der Waals surface area contributed by atoms with Crippen LogP contribution in [0.5, 0.6) is 11.5 Å². The van der Waals surface area contributed by atoms with Gasteiger partial charge in [0.25, 0.3) is 5.91 Å². The first kappa shape index (κ1) is 30.7. The van der Waals surface area contributed by atoms with Gasteiger partial charge in [-0.2, -0.15) is 0 Å². The summed E-state index contributed by atoms with van der Waals surface area (Å²) in [7, 11) is 4.20. The molecule has 3 rings (SSSR count). The zero-order valence-electron chi connectivity index (χ0n) is 24.4. The zero-order valence-corrected chi connectivity index (χ0v) is 24.4. The number of likely N-dealkylation sites (tertiary alicyclic amines) is 1. The fraction of sp³-hybridized carbons (Fsp3) is 0.581. The van der Waals surface area contributed by atoms with Gasteiger partial charge in [-0.15, -0.1) is 0 Å². The fourth-order valence-corrected chi connectivity index (χ4v) is 4.39. The van der Waals surface area contributed by atoms with E-state index in [1.165, 1.54) is 11.1 Å². The lowest BCUT2D eigenvalue weighted by Gasteiger charge is -2.43. The summed E-state index contributed by atoms with van der Waals surface area (Å²) in [6.45, 7) is 17.0. The van der Waals surface area contributed by atoms with Crippen LogP contribution in [-0.4, -0.2) is 69.2 Å². The number of ether oxygens (including phenoxy) is 2. The van der Waals surface area contributed by atoms with Crippen LogP contribution in [0.2, 0.25) is 0 Å². The third-order valence-corrected chi connectivity index (χ3v) is 6.76. The molecule has 0 aliphatic carbocycles. The number of unbranched alkanes of at least 4 members (excludes halogenated alkanes) is 1. The summed E-state index contributed by atoms with van der Waals surface area (Å²) in [4.78, 5) is 16.9. The average Bonchev–Trinajstić information content (AvgIpc) is 2.85. The first-order valence-corrected chi connectivity index (χ1v) is 13.8. The number of nitrogens with zero attached hydrogens (tertiary/aromatic N) is 2. The summed E-state index contributed by atoms with van der Waals surface area (Å²) in [6.07, 6.45) is 2.22. The van der Waals surface area contributed by atoms with E-state index in [-0.39, 0.29) is 12.5 Å². The molecule has 1 N–H and O–H groups in total. The Morgan fingerprint density at radius 2 is 1.73 bits per heavy atom. The van der Waals surface area contributed by atoms with Crippen molar-refractivity contribution in [1.82, 2.24) is 15.1 Å². The van der Waals surface area contributed by atoms with Gasteiger partial charge < -0.3 is 19.7 Å². The number of carbonyl (C=O) groups is 1. The largest absolute Gasteiger partial charge is 0.493 e. The van der Waals surface area contributed by atoms with Crippen LogP contribution in [0.3, 0.4) is 0 Å². The van der Waals surface area contributed by atoms with Crippen LogP contribution in [0.4, 0.5) is 0 Å². The highest BCUT2D eigenvalue weighted by molar-refractivity contribution is 5.77. The summed E-state index contributed by atoms with van der Waals surface area (Å²) in [6, 6.07) is 12.9. The average molecular weight is 512 g/mol. The zero-order chi connectivity index (χ0) is 27.4. The van der Waals surface area contributed by atoms with Crippen LogP contribution in [0.15, 0.2) is 36.4 Å². The molecule has 1 amide bonds. The normalized spacial score (nSPS) is 14.4. The number of aryl methyl sites for hydroxylation is 3. The van der Waals surface area contributed by atoms with Crippen molar-refractivity contribution in [2.45, 2.75) is 60.4 Å². The predicted molar refractivity (Wildman–Crippen MR) is 154 cm³/mol. The molecule has 1 unspecified atom stereocenters.